The summed E-state index contributed by atoms with van der Waals surface area (Å²) in [6.07, 6.45) is 6.14. The van der Waals surface area contributed by atoms with Gasteiger partial charge < -0.3 is 0 Å². The molecule has 2 bridgehead atoms. The van der Waals surface area contributed by atoms with E-state index in [2.05, 4.69) is 15.9 Å². The van der Waals surface area contributed by atoms with E-state index in [9.17, 15) is 8.42 Å². The maximum absolute atomic E-state index is 11.9. The van der Waals surface area contributed by atoms with Gasteiger partial charge in [0.05, 0.1) is 11.0 Å². The number of fused-ring (bicyclic) bond motifs is 2. The summed E-state index contributed by atoms with van der Waals surface area (Å²) in [5.41, 5.74) is 0.283. The third-order valence-corrected chi connectivity index (χ3v) is 8.30. The van der Waals surface area contributed by atoms with Crippen molar-refractivity contribution in [2.24, 2.45) is 17.3 Å². The second-order valence-corrected chi connectivity index (χ2v) is 9.48. The lowest BCUT2D eigenvalue weighted by molar-refractivity contribution is 0.191. The van der Waals surface area contributed by atoms with E-state index in [1.54, 1.807) is 13.8 Å². The molecule has 0 aromatic heterocycles. The Labute approximate surface area is 114 Å². The van der Waals surface area contributed by atoms with Crippen molar-refractivity contribution < 1.29 is 8.42 Å². The van der Waals surface area contributed by atoms with Gasteiger partial charge in [0.25, 0.3) is 0 Å². The van der Waals surface area contributed by atoms with E-state index in [-0.39, 0.29) is 10.7 Å². The molecule has 4 heteroatoms. The Hall–Kier alpha value is 0.430. The normalized spacial score (nSPS) is 36.9. The van der Waals surface area contributed by atoms with Crippen molar-refractivity contribution in [3.05, 3.63) is 0 Å². The summed E-state index contributed by atoms with van der Waals surface area (Å²) in [5, 5.41) is 0.753. The Morgan fingerprint density at radius 1 is 1.35 bits per heavy atom. The van der Waals surface area contributed by atoms with Gasteiger partial charge in [-0.1, -0.05) is 22.4 Å². The first-order chi connectivity index (χ1) is 7.89. The lowest BCUT2D eigenvalue weighted by atomic mass is 9.73. The highest BCUT2D eigenvalue weighted by Crippen LogP contribution is 2.58. The van der Waals surface area contributed by atoms with E-state index >= 15 is 0 Å². The van der Waals surface area contributed by atoms with Gasteiger partial charge in [0, 0.05) is 5.33 Å². The molecule has 0 heterocycles. The van der Waals surface area contributed by atoms with Crippen LogP contribution in [0, 0.1) is 17.3 Å². The molecular formula is C13H23BrO2S. The van der Waals surface area contributed by atoms with Crippen LogP contribution in [0.1, 0.15) is 46.0 Å². The van der Waals surface area contributed by atoms with Crippen molar-refractivity contribution in [1.29, 1.82) is 0 Å². The molecule has 0 radical (unpaired) electrons. The van der Waals surface area contributed by atoms with Crippen LogP contribution in [-0.2, 0) is 9.84 Å². The minimum Gasteiger partial charge on any atom is -0.229 e. The van der Waals surface area contributed by atoms with Crippen LogP contribution in [-0.4, -0.2) is 24.8 Å². The van der Waals surface area contributed by atoms with Crippen molar-refractivity contribution in [2.75, 3.05) is 11.1 Å². The number of hydrogen-bond donors (Lipinski definition) is 0. The zero-order valence-electron chi connectivity index (χ0n) is 10.8. The Bertz CT molecular complexity index is 377. The molecule has 2 nitrogen and oxygen atoms in total. The zero-order chi connectivity index (χ0) is 12.7. The van der Waals surface area contributed by atoms with Gasteiger partial charge in [-0.25, -0.2) is 8.42 Å². The molecule has 0 N–H and O–H groups in total. The molecule has 0 amide bonds. The average Bonchev–Trinajstić information content (AvgIpc) is 2.86. The Morgan fingerprint density at radius 2 is 2.06 bits per heavy atom. The fourth-order valence-electron chi connectivity index (χ4n) is 3.68. The Kier molecular flexibility index (Phi) is 3.94. The summed E-state index contributed by atoms with van der Waals surface area (Å²) >= 11 is 3.65. The number of alkyl halides is 1. The highest BCUT2D eigenvalue weighted by atomic mass is 79.9. The molecule has 2 saturated carbocycles. The summed E-state index contributed by atoms with van der Waals surface area (Å²) in [4.78, 5) is 0. The van der Waals surface area contributed by atoms with Crippen LogP contribution < -0.4 is 0 Å². The molecule has 0 aliphatic heterocycles. The monoisotopic (exact) mass is 322 g/mol. The quantitative estimate of drug-likeness (QED) is 0.727. The predicted octanol–water partition coefficient (Wildman–Crippen LogP) is 3.40. The molecule has 2 aliphatic rings. The average molecular weight is 323 g/mol. The third kappa shape index (κ3) is 2.58. The highest BCUT2D eigenvalue weighted by molar-refractivity contribution is 9.09. The summed E-state index contributed by atoms with van der Waals surface area (Å²) in [5.74, 6) is 2.02. The van der Waals surface area contributed by atoms with Crippen LogP contribution in [0.2, 0.25) is 0 Å². The lowest BCUT2D eigenvalue weighted by Crippen LogP contribution is -2.33. The second kappa shape index (κ2) is 4.84. The van der Waals surface area contributed by atoms with E-state index in [4.69, 9.17) is 0 Å². The molecule has 2 aliphatic carbocycles. The van der Waals surface area contributed by atoms with Crippen molar-refractivity contribution in [3.63, 3.8) is 0 Å². The van der Waals surface area contributed by atoms with E-state index in [1.807, 2.05) is 0 Å². The van der Waals surface area contributed by atoms with Crippen LogP contribution in [0.15, 0.2) is 0 Å². The summed E-state index contributed by atoms with van der Waals surface area (Å²) in [6.45, 7) is 3.58. The minimum atomic E-state index is -2.87. The molecule has 2 rings (SSSR count). The van der Waals surface area contributed by atoms with Crippen LogP contribution >= 0.6 is 15.9 Å². The third-order valence-electron chi connectivity index (χ3n) is 4.97. The molecule has 0 saturated heterocycles. The maximum atomic E-state index is 11.9. The Morgan fingerprint density at radius 3 is 2.47 bits per heavy atom. The van der Waals surface area contributed by atoms with Crippen LogP contribution in [0.25, 0.3) is 0 Å². The molecule has 17 heavy (non-hydrogen) atoms. The van der Waals surface area contributed by atoms with E-state index < -0.39 is 9.84 Å². The van der Waals surface area contributed by atoms with E-state index in [0.717, 1.165) is 23.6 Å². The van der Waals surface area contributed by atoms with Crippen molar-refractivity contribution in [3.8, 4) is 0 Å². The second-order valence-electron chi connectivity index (χ2n) is 6.24. The van der Waals surface area contributed by atoms with Crippen LogP contribution in [0.4, 0.5) is 0 Å². The van der Waals surface area contributed by atoms with Gasteiger partial charge >= 0.3 is 0 Å². The highest BCUT2D eigenvalue weighted by Gasteiger charge is 2.50. The lowest BCUT2D eigenvalue weighted by Gasteiger charge is -2.36. The molecule has 0 spiro atoms. The van der Waals surface area contributed by atoms with Gasteiger partial charge in [0.2, 0.25) is 0 Å². The number of rotatable bonds is 5. The van der Waals surface area contributed by atoms with Gasteiger partial charge in [-0.2, -0.15) is 0 Å². The fourth-order valence-corrected chi connectivity index (χ4v) is 5.81. The minimum absolute atomic E-state index is 0.228. The zero-order valence-corrected chi connectivity index (χ0v) is 13.2. The molecule has 3 unspecified atom stereocenters. The molecule has 100 valence electrons. The van der Waals surface area contributed by atoms with Gasteiger partial charge in [-0.3, -0.25) is 0 Å². The van der Waals surface area contributed by atoms with E-state index in [1.165, 1.54) is 25.7 Å². The topological polar surface area (TPSA) is 34.1 Å². The Balaban J connectivity index is 2.02. The van der Waals surface area contributed by atoms with Crippen LogP contribution in [0.5, 0.6) is 0 Å². The first-order valence-corrected chi connectivity index (χ1v) is 9.51. The molecular weight excluding hydrogens is 300 g/mol. The van der Waals surface area contributed by atoms with E-state index in [0.29, 0.717) is 5.75 Å². The smallest absolute Gasteiger partial charge is 0.152 e. The van der Waals surface area contributed by atoms with Gasteiger partial charge in [-0.15, -0.1) is 0 Å². The summed E-state index contributed by atoms with van der Waals surface area (Å²) in [7, 11) is -2.87. The summed E-state index contributed by atoms with van der Waals surface area (Å²) in [6, 6.07) is 0. The largest absolute Gasteiger partial charge is 0.229 e. The predicted molar refractivity (Wildman–Crippen MR) is 75.2 cm³/mol. The number of sulfone groups is 1. The first-order valence-electron chi connectivity index (χ1n) is 6.67. The van der Waals surface area contributed by atoms with Crippen molar-refractivity contribution in [2.45, 2.75) is 51.2 Å². The SMILES string of the molecule is CC(C)S(=O)(=O)CCC1(CBr)CC2CCC1C2. The van der Waals surface area contributed by atoms with Gasteiger partial charge in [-0.05, 0) is 56.8 Å². The molecule has 0 aromatic rings. The van der Waals surface area contributed by atoms with Gasteiger partial charge in [0.15, 0.2) is 9.84 Å². The molecule has 3 atom stereocenters. The van der Waals surface area contributed by atoms with Gasteiger partial charge in [0.1, 0.15) is 0 Å². The number of hydrogen-bond acceptors (Lipinski definition) is 2. The molecule has 2 fully saturated rings. The standard InChI is InChI=1S/C13H23BrO2S/c1-10(2)17(15,16)6-5-13(9-14)8-11-3-4-12(13)7-11/h10-12H,3-9H2,1-2H3. The van der Waals surface area contributed by atoms with Crippen molar-refractivity contribution in [1.82, 2.24) is 0 Å². The van der Waals surface area contributed by atoms with Crippen molar-refractivity contribution >= 4 is 25.8 Å². The molecule has 0 aromatic carbocycles. The fraction of sp³-hybridized carbons (Fsp3) is 1.00. The maximum Gasteiger partial charge on any atom is 0.152 e. The number of halogens is 1. The first kappa shape index (κ1) is 13.9. The summed E-state index contributed by atoms with van der Waals surface area (Å²) < 4.78 is 23.9. The van der Waals surface area contributed by atoms with Crippen LogP contribution in [0.3, 0.4) is 0 Å².